The Morgan fingerprint density at radius 1 is 1.20 bits per heavy atom. The van der Waals surface area contributed by atoms with Gasteiger partial charge in [-0.25, -0.2) is 0 Å². The summed E-state index contributed by atoms with van der Waals surface area (Å²) in [4.78, 5) is 2.63. The molecule has 0 heterocycles. The highest BCUT2D eigenvalue weighted by atomic mass is 15.2. The lowest BCUT2D eigenvalue weighted by molar-refractivity contribution is 0.268. The van der Waals surface area contributed by atoms with Crippen molar-refractivity contribution in [1.82, 2.24) is 10.2 Å². The van der Waals surface area contributed by atoms with Crippen molar-refractivity contribution in [3.63, 3.8) is 0 Å². The van der Waals surface area contributed by atoms with Gasteiger partial charge in [0.2, 0.25) is 0 Å². The van der Waals surface area contributed by atoms with E-state index in [0.717, 1.165) is 38.0 Å². The van der Waals surface area contributed by atoms with Crippen LogP contribution < -0.4 is 5.32 Å². The van der Waals surface area contributed by atoms with Crippen molar-refractivity contribution in [3.05, 3.63) is 35.4 Å². The van der Waals surface area contributed by atoms with Crippen molar-refractivity contribution < 1.29 is 0 Å². The Kier molecular flexibility index (Phi) is 6.06. The average Bonchev–Trinajstić information content (AvgIpc) is 3.26. The summed E-state index contributed by atoms with van der Waals surface area (Å²) in [5, 5.41) is 3.55. The number of benzene rings is 1. The summed E-state index contributed by atoms with van der Waals surface area (Å²) in [5.41, 5.74) is 3.04. The first-order chi connectivity index (χ1) is 9.70. The fraction of sp³-hybridized carbons (Fsp3) is 0.667. The van der Waals surface area contributed by atoms with Gasteiger partial charge in [0.15, 0.2) is 0 Å². The van der Waals surface area contributed by atoms with E-state index in [-0.39, 0.29) is 0 Å². The third-order valence-electron chi connectivity index (χ3n) is 4.08. The second-order valence-corrected chi connectivity index (χ2v) is 6.41. The lowest BCUT2D eigenvalue weighted by Gasteiger charge is -2.21. The molecule has 1 aliphatic rings. The molecule has 0 amide bonds. The molecular formula is C18H30N2. The zero-order chi connectivity index (χ0) is 14.4. The molecule has 0 atom stereocenters. The van der Waals surface area contributed by atoms with Crippen molar-refractivity contribution in [1.29, 1.82) is 0 Å². The van der Waals surface area contributed by atoms with Crippen molar-refractivity contribution in [2.75, 3.05) is 19.6 Å². The highest BCUT2D eigenvalue weighted by Gasteiger charge is 2.27. The minimum Gasteiger partial charge on any atom is -0.316 e. The summed E-state index contributed by atoms with van der Waals surface area (Å²) in [6.45, 7) is 11.3. The molecule has 1 fully saturated rings. The van der Waals surface area contributed by atoms with Crippen LogP contribution in [0, 0.1) is 5.92 Å². The monoisotopic (exact) mass is 274 g/mol. The Morgan fingerprint density at radius 3 is 2.50 bits per heavy atom. The van der Waals surface area contributed by atoms with Crippen LogP contribution in [0.1, 0.15) is 44.7 Å². The van der Waals surface area contributed by atoms with Crippen LogP contribution in [0.5, 0.6) is 0 Å². The molecule has 0 aromatic heterocycles. The second kappa shape index (κ2) is 7.80. The van der Waals surface area contributed by atoms with Crippen LogP contribution in [0.4, 0.5) is 0 Å². The molecule has 1 aromatic carbocycles. The van der Waals surface area contributed by atoms with E-state index in [0.29, 0.717) is 0 Å². The molecule has 0 saturated heterocycles. The van der Waals surface area contributed by atoms with Gasteiger partial charge in [-0.05, 0) is 55.9 Å². The predicted octanol–water partition coefficient (Wildman–Crippen LogP) is 3.46. The zero-order valence-corrected chi connectivity index (χ0v) is 13.4. The average molecular weight is 274 g/mol. The normalized spacial score (nSPS) is 15.2. The topological polar surface area (TPSA) is 15.3 Å². The number of nitrogens with one attached hydrogen (secondary N) is 1. The maximum atomic E-state index is 3.55. The van der Waals surface area contributed by atoms with E-state index in [2.05, 4.69) is 55.3 Å². The highest BCUT2D eigenvalue weighted by Crippen LogP contribution is 2.28. The van der Waals surface area contributed by atoms with E-state index in [1.54, 1.807) is 0 Å². The molecule has 1 N–H and O–H groups in total. The largest absolute Gasteiger partial charge is 0.316 e. The molecule has 112 valence electrons. The van der Waals surface area contributed by atoms with E-state index in [1.165, 1.54) is 30.5 Å². The van der Waals surface area contributed by atoms with E-state index in [9.17, 15) is 0 Å². The number of nitrogens with zero attached hydrogens (tertiary/aromatic N) is 1. The van der Waals surface area contributed by atoms with Gasteiger partial charge < -0.3 is 5.32 Å². The summed E-state index contributed by atoms with van der Waals surface area (Å²) in [5.74, 6) is 0.732. The van der Waals surface area contributed by atoms with Gasteiger partial charge in [0.25, 0.3) is 0 Å². The fourth-order valence-electron chi connectivity index (χ4n) is 2.73. The Hall–Kier alpha value is -0.860. The van der Waals surface area contributed by atoms with Crippen molar-refractivity contribution in [2.24, 2.45) is 5.92 Å². The molecular weight excluding hydrogens is 244 g/mol. The summed E-state index contributed by atoms with van der Waals surface area (Å²) < 4.78 is 0. The smallest absolute Gasteiger partial charge is 0.0239 e. The van der Waals surface area contributed by atoms with Crippen molar-refractivity contribution in [3.8, 4) is 0 Å². The molecule has 1 aliphatic carbocycles. The molecule has 2 nitrogen and oxygen atoms in total. The van der Waals surface area contributed by atoms with Gasteiger partial charge in [-0.15, -0.1) is 0 Å². The summed E-state index contributed by atoms with van der Waals surface area (Å²) in [6, 6.07) is 9.82. The molecule has 20 heavy (non-hydrogen) atoms. The fourth-order valence-corrected chi connectivity index (χ4v) is 2.73. The maximum absolute atomic E-state index is 3.55. The molecule has 1 aromatic rings. The maximum Gasteiger partial charge on any atom is 0.0239 e. The molecule has 0 bridgehead atoms. The Balaban J connectivity index is 1.88. The Morgan fingerprint density at radius 2 is 1.90 bits per heavy atom. The third-order valence-corrected chi connectivity index (χ3v) is 4.08. The van der Waals surface area contributed by atoms with E-state index in [4.69, 9.17) is 0 Å². The van der Waals surface area contributed by atoms with Crippen LogP contribution in [0.15, 0.2) is 24.3 Å². The number of rotatable bonds is 9. The van der Waals surface area contributed by atoms with Gasteiger partial charge in [0, 0.05) is 12.6 Å². The Labute approximate surface area is 124 Å². The third kappa shape index (κ3) is 4.92. The van der Waals surface area contributed by atoms with Gasteiger partial charge >= 0.3 is 0 Å². The lowest BCUT2D eigenvalue weighted by atomic mass is 10.0. The lowest BCUT2D eigenvalue weighted by Crippen LogP contribution is -2.26. The van der Waals surface area contributed by atoms with Gasteiger partial charge in [-0.1, -0.05) is 45.0 Å². The van der Waals surface area contributed by atoms with Gasteiger partial charge in [-0.3, -0.25) is 4.90 Å². The SMILES string of the molecule is CCN(Cc1ccccc1CCNCC(C)C)C1CC1. The molecule has 1 saturated carbocycles. The van der Waals surface area contributed by atoms with E-state index < -0.39 is 0 Å². The summed E-state index contributed by atoms with van der Waals surface area (Å²) in [7, 11) is 0. The molecule has 0 spiro atoms. The molecule has 0 aliphatic heterocycles. The first-order valence-corrected chi connectivity index (χ1v) is 8.22. The molecule has 0 radical (unpaired) electrons. The first-order valence-electron chi connectivity index (χ1n) is 8.22. The molecule has 2 heteroatoms. The Bertz CT molecular complexity index is 396. The summed E-state index contributed by atoms with van der Waals surface area (Å²) >= 11 is 0. The van der Waals surface area contributed by atoms with Crippen LogP contribution in [-0.4, -0.2) is 30.6 Å². The standard InChI is InChI=1S/C18H30N2/c1-4-20(18-9-10-18)14-17-8-6-5-7-16(17)11-12-19-13-15(2)3/h5-8,15,18-19H,4,9-14H2,1-3H3. The van der Waals surface area contributed by atoms with Gasteiger partial charge in [-0.2, -0.15) is 0 Å². The van der Waals surface area contributed by atoms with Crippen LogP contribution >= 0.6 is 0 Å². The quantitative estimate of drug-likeness (QED) is 0.694. The van der Waals surface area contributed by atoms with Crippen LogP contribution in [0.25, 0.3) is 0 Å². The number of hydrogen-bond donors (Lipinski definition) is 1. The van der Waals surface area contributed by atoms with E-state index >= 15 is 0 Å². The summed E-state index contributed by atoms with van der Waals surface area (Å²) in [6.07, 6.45) is 3.93. The number of hydrogen-bond acceptors (Lipinski definition) is 2. The van der Waals surface area contributed by atoms with Crippen LogP contribution in [0.2, 0.25) is 0 Å². The van der Waals surface area contributed by atoms with Gasteiger partial charge in [0.05, 0.1) is 0 Å². The second-order valence-electron chi connectivity index (χ2n) is 6.41. The predicted molar refractivity (Wildman–Crippen MR) is 87.0 cm³/mol. The van der Waals surface area contributed by atoms with Crippen molar-refractivity contribution >= 4 is 0 Å². The minimum absolute atomic E-state index is 0.732. The first kappa shape index (κ1) is 15.5. The minimum atomic E-state index is 0.732. The van der Waals surface area contributed by atoms with E-state index in [1.807, 2.05) is 0 Å². The van der Waals surface area contributed by atoms with Crippen LogP contribution in [0.3, 0.4) is 0 Å². The highest BCUT2D eigenvalue weighted by molar-refractivity contribution is 5.27. The van der Waals surface area contributed by atoms with Gasteiger partial charge in [0.1, 0.15) is 0 Å². The molecule has 2 rings (SSSR count). The molecule has 0 unspecified atom stereocenters. The van der Waals surface area contributed by atoms with Crippen molar-refractivity contribution in [2.45, 2.75) is 52.6 Å². The zero-order valence-electron chi connectivity index (χ0n) is 13.4. The van der Waals surface area contributed by atoms with Crippen LogP contribution in [-0.2, 0) is 13.0 Å².